The molecule has 88 valence electrons. The van der Waals surface area contributed by atoms with E-state index in [0.717, 1.165) is 0 Å². The summed E-state index contributed by atoms with van der Waals surface area (Å²) in [6.07, 6.45) is 6.49. The lowest BCUT2D eigenvalue weighted by Crippen LogP contribution is -2.43. The third-order valence-corrected chi connectivity index (χ3v) is 8.29. The third kappa shape index (κ3) is 3.46. The summed E-state index contributed by atoms with van der Waals surface area (Å²) in [5.74, 6) is 0. The first-order valence-corrected chi connectivity index (χ1v) is 8.98. The highest BCUT2D eigenvalue weighted by Gasteiger charge is 2.38. The Labute approximate surface area is 96.0 Å². The van der Waals surface area contributed by atoms with Gasteiger partial charge in [-0.1, -0.05) is 32.4 Å². The molecule has 0 aromatic carbocycles. The first-order valence-electron chi connectivity index (χ1n) is 6.07. The highest BCUT2D eigenvalue weighted by Crippen LogP contribution is 2.38. The first-order chi connectivity index (χ1) is 6.72. The van der Waals surface area contributed by atoms with E-state index in [1.807, 2.05) is 0 Å². The van der Waals surface area contributed by atoms with Crippen molar-refractivity contribution in [1.82, 2.24) is 0 Å². The highest BCUT2D eigenvalue weighted by molar-refractivity contribution is 6.74. The Morgan fingerprint density at radius 1 is 1.33 bits per heavy atom. The number of hydrogen-bond donors (Lipinski definition) is 0. The minimum absolute atomic E-state index is 0.326. The maximum absolute atomic E-state index is 6.38. The number of rotatable bonds is 2. The molecule has 1 aliphatic carbocycles. The van der Waals surface area contributed by atoms with Gasteiger partial charge in [0.15, 0.2) is 8.32 Å². The van der Waals surface area contributed by atoms with E-state index in [1.54, 1.807) is 0 Å². The summed E-state index contributed by atoms with van der Waals surface area (Å²) in [5.41, 5.74) is 1.50. The van der Waals surface area contributed by atoms with Gasteiger partial charge in [-0.3, -0.25) is 0 Å². The molecular weight excluding hydrogens is 200 g/mol. The van der Waals surface area contributed by atoms with Gasteiger partial charge in [-0.25, -0.2) is 0 Å². The van der Waals surface area contributed by atoms with Crippen LogP contribution in [0.15, 0.2) is 11.6 Å². The summed E-state index contributed by atoms with van der Waals surface area (Å²) in [4.78, 5) is 0. The molecule has 0 bridgehead atoms. The van der Waals surface area contributed by atoms with Crippen LogP contribution < -0.4 is 0 Å². The molecule has 1 rings (SSSR count). The van der Waals surface area contributed by atoms with Crippen molar-refractivity contribution in [2.75, 3.05) is 0 Å². The van der Waals surface area contributed by atoms with Crippen LogP contribution in [0, 0.1) is 0 Å². The summed E-state index contributed by atoms with van der Waals surface area (Å²) in [6, 6.07) is 0. The molecule has 0 aliphatic heterocycles. The molecule has 0 fully saturated rings. The van der Waals surface area contributed by atoms with Crippen molar-refractivity contribution in [3.8, 4) is 0 Å². The van der Waals surface area contributed by atoms with Crippen molar-refractivity contribution in [2.45, 2.75) is 71.2 Å². The van der Waals surface area contributed by atoms with Gasteiger partial charge in [-0.05, 0) is 44.3 Å². The fraction of sp³-hybridized carbons (Fsp3) is 0.846. The Balaban J connectivity index is 2.65. The molecule has 0 spiro atoms. The molecule has 0 saturated carbocycles. The van der Waals surface area contributed by atoms with E-state index in [9.17, 15) is 0 Å². The standard InChI is InChI=1S/C13H26OSi/c1-11-8-7-9-12(10-11)14-15(5,6)13(2,3)4/h10,12H,7-9H2,1-6H3. The lowest BCUT2D eigenvalue weighted by atomic mass is 9.99. The van der Waals surface area contributed by atoms with Crippen molar-refractivity contribution >= 4 is 8.32 Å². The van der Waals surface area contributed by atoms with Crippen molar-refractivity contribution in [3.05, 3.63) is 11.6 Å². The second kappa shape index (κ2) is 4.42. The zero-order valence-electron chi connectivity index (χ0n) is 11.2. The molecular formula is C13H26OSi. The Kier molecular flexibility index (Phi) is 3.83. The van der Waals surface area contributed by atoms with E-state index >= 15 is 0 Å². The van der Waals surface area contributed by atoms with Gasteiger partial charge >= 0.3 is 0 Å². The Morgan fingerprint density at radius 3 is 2.40 bits per heavy atom. The van der Waals surface area contributed by atoms with Gasteiger partial charge in [-0.2, -0.15) is 0 Å². The molecule has 2 heteroatoms. The molecule has 0 aromatic rings. The predicted octanol–water partition coefficient (Wildman–Crippen LogP) is 4.51. The van der Waals surface area contributed by atoms with Gasteiger partial charge in [0.05, 0.1) is 6.10 Å². The summed E-state index contributed by atoms with van der Waals surface area (Å²) in [7, 11) is -1.57. The van der Waals surface area contributed by atoms with Crippen LogP contribution in [0.3, 0.4) is 0 Å². The van der Waals surface area contributed by atoms with Crippen LogP contribution in [0.25, 0.3) is 0 Å². The maximum atomic E-state index is 6.38. The Morgan fingerprint density at radius 2 is 1.93 bits per heavy atom. The summed E-state index contributed by atoms with van der Waals surface area (Å²) in [5, 5.41) is 0.326. The monoisotopic (exact) mass is 226 g/mol. The Bertz CT molecular complexity index is 248. The second-order valence-electron chi connectivity index (χ2n) is 6.32. The normalized spacial score (nSPS) is 23.9. The molecule has 0 saturated heterocycles. The van der Waals surface area contributed by atoms with Gasteiger partial charge in [0, 0.05) is 0 Å². The van der Waals surface area contributed by atoms with Crippen molar-refractivity contribution < 1.29 is 4.43 Å². The van der Waals surface area contributed by atoms with E-state index in [0.29, 0.717) is 11.1 Å². The van der Waals surface area contributed by atoms with Gasteiger partial charge in [0.2, 0.25) is 0 Å². The number of allylic oxidation sites excluding steroid dienone is 1. The van der Waals surface area contributed by atoms with E-state index in [4.69, 9.17) is 4.43 Å². The smallest absolute Gasteiger partial charge is 0.192 e. The first kappa shape index (κ1) is 13.0. The fourth-order valence-corrected chi connectivity index (χ4v) is 3.01. The number of hydrogen-bond acceptors (Lipinski definition) is 1. The summed E-state index contributed by atoms with van der Waals surface area (Å²) < 4.78 is 6.38. The third-order valence-electron chi connectivity index (χ3n) is 3.78. The SMILES string of the molecule is CC1=CC(O[Si](C)(C)C(C)(C)C)CCC1. The predicted molar refractivity (Wildman–Crippen MR) is 69.7 cm³/mol. The summed E-state index contributed by atoms with van der Waals surface area (Å²) in [6.45, 7) is 13.8. The van der Waals surface area contributed by atoms with Crippen molar-refractivity contribution in [1.29, 1.82) is 0 Å². The molecule has 0 aromatic heterocycles. The molecule has 0 heterocycles. The van der Waals surface area contributed by atoms with E-state index in [1.165, 1.54) is 24.8 Å². The molecule has 15 heavy (non-hydrogen) atoms. The molecule has 0 N–H and O–H groups in total. The van der Waals surface area contributed by atoms with Crippen LogP contribution >= 0.6 is 0 Å². The van der Waals surface area contributed by atoms with E-state index in [2.05, 4.69) is 46.9 Å². The van der Waals surface area contributed by atoms with Crippen LogP contribution in [0.1, 0.15) is 47.0 Å². The van der Waals surface area contributed by atoms with Gasteiger partial charge in [0.1, 0.15) is 0 Å². The average molecular weight is 226 g/mol. The molecule has 1 nitrogen and oxygen atoms in total. The molecule has 0 amide bonds. The summed E-state index contributed by atoms with van der Waals surface area (Å²) >= 11 is 0. The van der Waals surface area contributed by atoms with Crippen LogP contribution in [-0.4, -0.2) is 14.4 Å². The van der Waals surface area contributed by atoms with Crippen LogP contribution in [-0.2, 0) is 4.43 Å². The largest absolute Gasteiger partial charge is 0.411 e. The quantitative estimate of drug-likeness (QED) is 0.497. The van der Waals surface area contributed by atoms with Crippen LogP contribution in [0.4, 0.5) is 0 Å². The lowest BCUT2D eigenvalue weighted by Gasteiger charge is -2.39. The van der Waals surface area contributed by atoms with Crippen molar-refractivity contribution in [2.24, 2.45) is 0 Å². The van der Waals surface area contributed by atoms with E-state index in [-0.39, 0.29) is 0 Å². The minimum atomic E-state index is -1.57. The molecule has 1 aliphatic rings. The fourth-order valence-electron chi connectivity index (χ4n) is 1.71. The maximum Gasteiger partial charge on any atom is 0.192 e. The topological polar surface area (TPSA) is 9.23 Å². The zero-order chi connectivity index (χ0) is 11.7. The Hall–Kier alpha value is -0.0831. The van der Waals surface area contributed by atoms with Gasteiger partial charge < -0.3 is 4.43 Å². The molecule has 0 radical (unpaired) electrons. The minimum Gasteiger partial charge on any atom is -0.411 e. The van der Waals surface area contributed by atoms with Crippen molar-refractivity contribution in [3.63, 3.8) is 0 Å². The second-order valence-corrected chi connectivity index (χ2v) is 11.1. The highest BCUT2D eigenvalue weighted by atomic mass is 28.4. The van der Waals surface area contributed by atoms with Gasteiger partial charge in [0.25, 0.3) is 0 Å². The van der Waals surface area contributed by atoms with Crippen LogP contribution in [0.2, 0.25) is 18.1 Å². The van der Waals surface area contributed by atoms with E-state index < -0.39 is 8.32 Å². The zero-order valence-corrected chi connectivity index (χ0v) is 12.2. The average Bonchev–Trinajstić information content (AvgIpc) is 2.00. The molecule has 1 atom stereocenters. The van der Waals surface area contributed by atoms with Crippen LogP contribution in [0.5, 0.6) is 0 Å². The van der Waals surface area contributed by atoms with Gasteiger partial charge in [-0.15, -0.1) is 0 Å². The molecule has 1 unspecified atom stereocenters. The lowest BCUT2D eigenvalue weighted by molar-refractivity contribution is 0.205.